The van der Waals surface area contributed by atoms with Crippen LogP contribution >= 0.6 is 15.9 Å². The van der Waals surface area contributed by atoms with E-state index in [1.165, 1.54) is 0 Å². The van der Waals surface area contributed by atoms with Crippen LogP contribution in [0.25, 0.3) is 0 Å². The van der Waals surface area contributed by atoms with E-state index >= 15 is 0 Å². The number of rotatable bonds is 4. The highest BCUT2D eigenvalue weighted by molar-refractivity contribution is 9.10. The quantitative estimate of drug-likeness (QED) is 0.925. The van der Waals surface area contributed by atoms with E-state index < -0.39 is 0 Å². The van der Waals surface area contributed by atoms with Gasteiger partial charge in [0.15, 0.2) is 0 Å². The number of ether oxygens (including phenoxy) is 1. The van der Waals surface area contributed by atoms with Gasteiger partial charge in [-0.1, -0.05) is 34.1 Å². The molecule has 0 fully saturated rings. The maximum atomic E-state index is 14.0. The Morgan fingerprint density at radius 3 is 2.63 bits per heavy atom. The van der Waals surface area contributed by atoms with Crippen LogP contribution in [-0.4, -0.2) is 0 Å². The van der Waals surface area contributed by atoms with Gasteiger partial charge in [0, 0.05) is 22.1 Å². The molecule has 100 valence electrons. The molecule has 2 aromatic rings. The summed E-state index contributed by atoms with van der Waals surface area (Å²) in [6.45, 7) is 2.37. The van der Waals surface area contributed by atoms with Gasteiger partial charge in [0.05, 0.1) is 0 Å². The van der Waals surface area contributed by atoms with Crippen LogP contribution < -0.4 is 10.5 Å². The van der Waals surface area contributed by atoms with Crippen molar-refractivity contribution in [1.29, 1.82) is 0 Å². The average Bonchev–Trinajstić information content (AvgIpc) is 2.41. The van der Waals surface area contributed by atoms with Gasteiger partial charge >= 0.3 is 0 Å². The van der Waals surface area contributed by atoms with Crippen molar-refractivity contribution >= 4 is 15.9 Å². The molecule has 0 aromatic heterocycles. The minimum atomic E-state index is -0.279. The zero-order valence-electron chi connectivity index (χ0n) is 10.6. The summed E-state index contributed by atoms with van der Waals surface area (Å²) in [5.74, 6) is 0.442. The first-order valence-electron chi connectivity index (χ1n) is 5.97. The number of halogens is 2. The molecule has 0 atom stereocenters. The lowest BCUT2D eigenvalue weighted by atomic mass is 10.1. The highest BCUT2D eigenvalue weighted by Crippen LogP contribution is 2.23. The number of hydrogen-bond acceptors (Lipinski definition) is 2. The normalized spacial score (nSPS) is 10.5. The Bertz CT molecular complexity index is 586. The first kappa shape index (κ1) is 14.0. The summed E-state index contributed by atoms with van der Waals surface area (Å²) in [5, 5.41) is 0. The number of nitrogens with two attached hydrogens (primary N) is 1. The summed E-state index contributed by atoms with van der Waals surface area (Å²) in [6.07, 6.45) is 0. The van der Waals surface area contributed by atoms with Crippen LogP contribution in [0, 0.1) is 12.7 Å². The molecule has 0 saturated heterocycles. The van der Waals surface area contributed by atoms with Gasteiger partial charge in [-0.3, -0.25) is 0 Å². The van der Waals surface area contributed by atoms with Crippen molar-refractivity contribution in [3.63, 3.8) is 0 Å². The predicted molar refractivity (Wildman–Crippen MR) is 77.5 cm³/mol. The molecule has 0 aliphatic heterocycles. The minimum Gasteiger partial charge on any atom is -0.489 e. The van der Waals surface area contributed by atoms with E-state index in [0.29, 0.717) is 11.1 Å². The number of benzene rings is 2. The molecular weight excluding hydrogens is 309 g/mol. The summed E-state index contributed by atoms with van der Waals surface area (Å²) >= 11 is 3.43. The Morgan fingerprint density at radius 2 is 1.95 bits per heavy atom. The largest absolute Gasteiger partial charge is 0.489 e. The van der Waals surface area contributed by atoms with E-state index in [0.717, 1.165) is 15.8 Å². The number of hydrogen-bond donors (Lipinski definition) is 1. The average molecular weight is 324 g/mol. The first-order chi connectivity index (χ1) is 9.11. The summed E-state index contributed by atoms with van der Waals surface area (Å²) in [4.78, 5) is 0. The van der Waals surface area contributed by atoms with Crippen LogP contribution in [0.15, 0.2) is 40.9 Å². The molecule has 0 radical (unpaired) electrons. The third kappa shape index (κ3) is 3.33. The van der Waals surface area contributed by atoms with Gasteiger partial charge in [-0.05, 0) is 30.7 Å². The maximum Gasteiger partial charge on any atom is 0.134 e. The van der Waals surface area contributed by atoms with Gasteiger partial charge in [0.2, 0.25) is 0 Å². The van der Waals surface area contributed by atoms with Crippen molar-refractivity contribution in [2.24, 2.45) is 5.73 Å². The van der Waals surface area contributed by atoms with Crippen LogP contribution in [-0.2, 0) is 13.2 Å². The smallest absolute Gasteiger partial charge is 0.134 e. The molecule has 0 bridgehead atoms. The molecule has 2 N–H and O–H groups in total. The van der Waals surface area contributed by atoms with E-state index in [9.17, 15) is 4.39 Å². The van der Waals surface area contributed by atoms with Crippen LogP contribution in [0.2, 0.25) is 0 Å². The maximum absolute atomic E-state index is 14.0. The zero-order chi connectivity index (χ0) is 13.8. The van der Waals surface area contributed by atoms with Crippen LogP contribution in [0.3, 0.4) is 0 Å². The van der Waals surface area contributed by atoms with Crippen molar-refractivity contribution < 1.29 is 9.13 Å². The molecule has 0 aliphatic carbocycles. The topological polar surface area (TPSA) is 35.2 Å². The van der Waals surface area contributed by atoms with Crippen molar-refractivity contribution in [2.75, 3.05) is 0 Å². The molecule has 0 saturated carbocycles. The lowest BCUT2D eigenvalue weighted by Crippen LogP contribution is -2.05. The van der Waals surface area contributed by atoms with E-state index in [1.54, 1.807) is 18.2 Å². The molecular formula is C15H15BrFNO. The molecule has 0 amide bonds. The van der Waals surface area contributed by atoms with E-state index in [1.807, 2.05) is 25.1 Å². The summed E-state index contributed by atoms with van der Waals surface area (Å²) in [6, 6.07) is 10.9. The molecule has 2 rings (SSSR count). The lowest BCUT2D eigenvalue weighted by Gasteiger charge is -2.10. The molecule has 0 spiro atoms. The zero-order valence-corrected chi connectivity index (χ0v) is 12.2. The second kappa shape index (κ2) is 6.17. The SMILES string of the molecule is Cc1cc(OCc2cccc(CN)c2F)ccc1Br. The fourth-order valence-electron chi connectivity index (χ4n) is 1.77. The highest BCUT2D eigenvalue weighted by Gasteiger charge is 2.07. The Balaban J connectivity index is 2.12. The second-order valence-corrected chi connectivity index (χ2v) is 5.15. The third-order valence-corrected chi connectivity index (χ3v) is 3.79. The van der Waals surface area contributed by atoms with Gasteiger partial charge < -0.3 is 10.5 Å². The molecule has 4 heteroatoms. The van der Waals surface area contributed by atoms with Crippen LogP contribution in [0.5, 0.6) is 5.75 Å². The predicted octanol–water partition coefficient (Wildman–Crippen LogP) is 3.93. The summed E-state index contributed by atoms with van der Waals surface area (Å²) in [7, 11) is 0. The molecule has 19 heavy (non-hydrogen) atoms. The van der Waals surface area contributed by atoms with E-state index in [2.05, 4.69) is 15.9 Å². The van der Waals surface area contributed by atoms with E-state index in [4.69, 9.17) is 10.5 Å². The van der Waals surface area contributed by atoms with E-state index in [-0.39, 0.29) is 19.0 Å². The fraction of sp³-hybridized carbons (Fsp3) is 0.200. The Hall–Kier alpha value is -1.39. The molecule has 2 aromatic carbocycles. The minimum absolute atomic E-state index is 0.192. The van der Waals surface area contributed by atoms with Gasteiger partial charge in [-0.25, -0.2) is 4.39 Å². The first-order valence-corrected chi connectivity index (χ1v) is 6.76. The summed E-state index contributed by atoms with van der Waals surface area (Å²) < 4.78 is 20.6. The van der Waals surface area contributed by atoms with Crippen molar-refractivity contribution in [3.05, 3.63) is 63.4 Å². The second-order valence-electron chi connectivity index (χ2n) is 4.29. The molecule has 0 aliphatic rings. The molecule has 2 nitrogen and oxygen atoms in total. The van der Waals surface area contributed by atoms with Gasteiger partial charge in [-0.15, -0.1) is 0 Å². The monoisotopic (exact) mass is 323 g/mol. The van der Waals surface area contributed by atoms with Crippen LogP contribution in [0.1, 0.15) is 16.7 Å². The lowest BCUT2D eigenvalue weighted by molar-refractivity contribution is 0.299. The highest BCUT2D eigenvalue weighted by atomic mass is 79.9. The molecule has 0 unspecified atom stereocenters. The van der Waals surface area contributed by atoms with Crippen LogP contribution in [0.4, 0.5) is 4.39 Å². The summed E-state index contributed by atoms with van der Waals surface area (Å²) in [5.41, 5.74) is 7.58. The standard InChI is InChI=1S/C15H15BrFNO/c1-10-7-13(5-6-14(10)16)19-9-12-4-2-3-11(8-18)15(12)17/h2-7H,8-9,18H2,1H3. The molecule has 0 heterocycles. The van der Waals surface area contributed by atoms with Crippen molar-refractivity contribution in [1.82, 2.24) is 0 Å². The Morgan fingerprint density at radius 1 is 1.21 bits per heavy atom. The van der Waals surface area contributed by atoms with Gasteiger partial charge in [0.25, 0.3) is 0 Å². The van der Waals surface area contributed by atoms with Crippen molar-refractivity contribution in [3.8, 4) is 5.75 Å². The number of aryl methyl sites for hydroxylation is 1. The Labute approximate surface area is 120 Å². The fourth-order valence-corrected chi connectivity index (χ4v) is 2.02. The van der Waals surface area contributed by atoms with Gasteiger partial charge in [-0.2, -0.15) is 0 Å². The third-order valence-electron chi connectivity index (χ3n) is 2.90. The Kier molecular flexibility index (Phi) is 4.56. The van der Waals surface area contributed by atoms with Gasteiger partial charge in [0.1, 0.15) is 18.2 Å². The van der Waals surface area contributed by atoms with Crippen molar-refractivity contribution in [2.45, 2.75) is 20.1 Å².